The molecule has 156 valence electrons. The first kappa shape index (κ1) is 21.8. The molecule has 0 atom stereocenters. The molecule has 1 saturated heterocycles. The van der Waals surface area contributed by atoms with Crippen molar-refractivity contribution in [3.05, 3.63) is 44.8 Å². The highest BCUT2D eigenvalue weighted by Crippen LogP contribution is 2.33. The SMILES string of the molecule is O=C(CSc1nc2ccc(N=Cc3cc(Br)cc(Br)c3O)cc2s1)N1CCOCC1. The second-order valence-corrected chi connectivity index (χ2v) is 10.5. The number of carbonyl (C=O) groups is 1. The van der Waals surface area contributed by atoms with Crippen LogP contribution in [0.4, 0.5) is 5.69 Å². The van der Waals surface area contributed by atoms with Crippen LogP contribution in [-0.4, -0.2) is 59.2 Å². The van der Waals surface area contributed by atoms with Gasteiger partial charge in [-0.05, 0) is 46.3 Å². The predicted octanol–water partition coefficient (Wildman–Crippen LogP) is 5.23. The van der Waals surface area contributed by atoms with E-state index in [0.717, 1.165) is 24.7 Å². The standard InChI is InChI=1S/C20H17Br2N3O3S2/c21-13-7-12(19(27)15(22)8-13)10-23-14-1-2-16-17(9-14)30-20(24-16)29-11-18(26)25-3-5-28-6-4-25/h1-2,7-10,27H,3-6,11H2. The molecule has 1 aliphatic heterocycles. The van der Waals surface area contributed by atoms with Crippen molar-refractivity contribution in [2.24, 2.45) is 4.99 Å². The number of phenolic OH excluding ortho intramolecular Hbond substituents is 1. The number of amides is 1. The molecule has 0 radical (unpaired) electrons. The predicted molar refractivity (Wildman–Crippen MR) is 129 cm³/mol. The van der Waals surface area contributed by atoms with Crippen molar-refractivity contribution in [2.75, 3.05) is 32.1 Å². The number of thiazole rings is 1. The van der Waals surface area contributed by atoms with Crippen molar-refractivity contribution in [1.29, 1.82) is 0 Å². The first-order valence-corrected chi connectivity index (χ1v) is 12.5. The van der Waals surface area contributed by atoms with Gasteiger partial charge >= 0.3 is 0 Å². The molecular formula is C20H17Br2N3O3S2. The van der Waals surface area contributed by atoms with Gasteiger partial charge in [0, 0.05) is 29.3 Å². The third-order valence-corrected chi connectivity index (χ3v) is 7.65. The molecule has 30 heavy (non-hydrogen) atoms. The van der Waals surface area contributed by atoms with E-state index in [9.17, 15) is 9.90 Å². The van der Waals surface area contributed by atoms with E-state index >= 15 is 0 Å². The summed E-state index contributed by atoms with van der Waals surface area (Å²) in [6.07, 6.45) is 1.63. The number of hydrogen-bond acceptors (Lipinski definition) is 7. The van der Waals surface area contributed by atoms with Crippen LogP contribution in [0.1, 0.15) is 5.56 Å². The lowest BCUT2D eigenvalue weighted by atomic mass is 10.2. The van der Waals surface area contributed by atoms with E-state index in [2.05, 4.69) is 41.8 Å². The highest BCUT2D eigenvalue weighted by molar-refractivity contribution is 9.11. The van der Waals surface area contributed by atoms with E-state index < -0.39 is 0 Å². The van der Waals surface area contributed by atoms with E-state index in [1.165, 1.54) is 11.8 Å². The molecule has 2 heterocycles. The number of rotatable bonds is 5. The molecule has 3 aromatic rings. The van der Waals surface area contributed by atoms with Crippen molar-refractivity contribution in [1.82, 2.24) is 9.88 Å². The van der Waals surface area contributed by atoms with Gasteiger partial charge in [0.25, 0.3) is 0 Å². The van der Waals surface area contributed by atoms with Gasteiger partial charge in [0.1, 0.15) is 5.75 Å². The first-order chi connectivity index (χ1) is 14.5. The van der Waals surface area contributed by atoms with Gasteiger partial charge in [-0.2, -0.15) is 0 Å². The molecule has 1 aliphatic rings. The summed E-state index contributed by atoms with van der Waals surface area (Å²) in [5, 5.41) is 10.2. The van der Waals surface area contributed by atoms with Crippen LogP contribution in [0.3, 0.4) is 0 Å². The normalized spacial score (nSPS) is 14.7. The topological polar surface area (TPSA) is 75.0 Å². The lowest BCUT2D eigenvalue weighted by Gasteiger charge is -2.26. The molecule has 0 bridgehead atoms. The fourth-order valence-electron chi connectivity index (χ4n) is 2.89. The molecule has 0 spiro atoms. The zero-order chi connectivity index (χ0) is 21.1. The maximum Gasteiger partial charge on any atom is 0.233 e. The highest BCUT2D eigenvalue weighted by Gasteiger charge is 2.17. The summed E-state index contributed by atoms with van der Waals surface area (Å²) in [7, 11) is 0. The Bertz CT molecular complexity index is 1110. The van der Waals surface area contributed by atoms with Crippen molar-refractivity contribution < 1.29 is 14.6 Å². The second kappa shape index (κ2) is 9.78. The van der Waals surface area contributed by atoms with Crippen LogP contribution in [0.15, 0.2) is 48.6 Å². The van der Waals surface area contributed by atoms with Gasteiger partial charge < -0.3 is 14.7 Å². The van der Waals surface area contributed by atoms with Crippen LogP contribution in [0.25, 0.3) is 10.2 Å². The number of ether oxygens (including phenoxy) is 1. The van der Waals surface area contributed by atoms with Crippen molar-refractivity contribution in [3.8, 4) is 5.75 Å². The molecule has 4 rings (SSSR count). The lowest BCUT2D eigenvalue weighted by molar-refractivity contribution is -0.132. The smallest absolute Gasteiger partial charge is 0.233 e. The molecule has 0 unspecified atom stereocenters. The molecule has 1 aromatic heterocycles. The van der Waals surface area contributed by atoms with Gasteiger partial charge in [0.05, 0.1) is 39.3 Å². The summed E-state index contributed by atoms with van der Waals surface area (Å²) in [6.45, 7) is 2.53. The van der Waals surface area contributed by atoms with Crippen LogP contribution in [0, 0.1) is 0 Å². The summed E-state index contributed by atoms with van der Waals surface area (Å²) in [5.41, 5.74) is 2.26. The Morgan fingerprint density at radius 1 is 1.30 bits per heavy atom. The number of thioether (sulfide) groups is 1. The van der Waals surface area contributed by atoms with Gasteiger partial charge in [-0.1, -0.05) is 27.7 Å². The third kappa shape index (κ3) is 5.23. The fourth-order valence-corrected chi connectivity index (χ4v) is 6.15. The van der Waals surface area contributed by atoms with E-state index in [1.807, 2.05) is 23.1 Å². The number of nitrogens with zero attached hydrogens (tertiary/aromatic N) is 3. The molecular weight excluding hydrogens is 554 g/mol. The molecule has 2 aromatic carbocycles. The fraction of sp³-hybridized carbons (Fsp3) is 0.250. The highest BCUT2D eigenvalue weighted by atomic mass is 79.9. The molecule has 0 saturated carbocycles. The third-order valence-electron chi connectivity index (χ3n) is 4.45. The van der Waals surface area contributed by atoms with Gasteiger partial charge in [0.15, 0.2) is 4.34 Å². The number of aromatic nitrogens is 1. The monoisotopic (exact) mass is 569 g/mol. The van der Waals surface area contributed by atoms with Crippen LogP contribution in [0.5, 0.6) is 5.75 Å². The minimum atomic E-state index is 0.118. The summed E-state index contributed by atoms with van der Waals surface area (Å²) in [4.78, 5) is 23.3. The number of fused-ring (bicyclic) bond motifs is 1. The summed E-state index contributed by atoms with van der Waals surface area (Å²) in [5.74, 6) is 0.638. The van der Waals surface area contributed by atoms with Crippen molar-refractivity contribution in [2.45, 2.75) is 4.34 Å². The molecule has 0 aliphatic carbocycles. The van der Waals surface area contributed by atoms with Gasteiger partial charge in [-0.25, -0.2) is 4.98 Å². The first-order valence-electron chi connectivity index (χ1n) is 9.10. The van der Waals surface area contributed by atoms with Crippen LogP contribution >= 0.6 is 55.0 Å². The summed E-state index contributed by atoms with van der Waals surface area (Å²) < 4.78 is 8.60. The van der Waals surface area contributed by atoms with Gasteiger partial charge in [0.2, 0.25) is 5.91 Å². The lowest BCUT2D eigenvalue weighted by Crippen LogP contribution is -2.41. The van der Waals surface area contributed by atoms with E-state index in [-0.39, 0.29) is 11.7 Å². The van der Waals surface area contributed by atoms with Gasteiger partial charge in [-0.3, -0.25) is 9.79 Å². The molecule has 1 amide bonds. The quantitative estimate of drug-likeness (QED) is 0.336. The number of benzene rings is 2. The number of hydrogen-bond donors (Lipinski definition) is 1. The number of halogens is 2. The Labute approximate surface area is 198 Å². The minimum Gasteiger partial charge on any atom is -0.506 e. The van der Waals surface area contributed by atoms with Gasteiger partial charge in [-0.15, -0.1) is 11.3 Å². The van der Waals surface area contributed by atoms with Crippen LogP contribution in [-0.2, 0) is 9.53 Å². The molecule has 10 heteroatoms. The number of morpholine rings is 1. The maximum atomic E-state index is 12.3. The largest absolute Gasteiger partial charge is 0.506 e. The number of aromatic hydroxyl groups is 1. The van der Waals surface area contributed by atoms with Crippen molar-refractivity contribution >= 4 is 83.0 Å². The van der Waals surface area contributed by atoms with Crippen molar-refractivity contribution in [3.63, 3.8) is 0 Å². The Kier molecular flexibility index (Phi) is 7.09. The minimum absolute atomic E-state index is 0.118. The Morgan fingerprint density at radius 2 is 2.10 bits per heavy atom. The molecule has 1 fully saturated rings. The van der Waals surface area contributed by atoms with E-state index in [4.69, 9.17) is 4.74 Å². The van der Waals surface area contributed by atoms with Crippen LogP contribution < -0.4 is 0 Å². The zero-order valence-electron chi connectivity index (χ0n) is 15.7. The number of phenols is 1. The zero-order valence-corrected chi connectivity index (χ0v) is 20.5. The number of carbonyl (C=O) groups excluding carboxylic acids is 1. The average molecular weight is 571 g/mol. The Hall–Kier alpha value is -1.46. The maximum absolute atomic E-state index is 12.3. The second-order valence-electron chi connectivity index (χ2n) is 6.50. The number of aliphatic imine (C=N–C) groups is 1. The van der Waals surface area contributed by atoms with E-state index in [1.54, 1.807) is 29.7 Å². The summed E-state index contributed by atoms with van der Waals surface area (Å²) in [6, 6.07) is 9.34. The van der Waals surface area contributed by atoms with E-state index in [0.29, 0.717) is 42.1 Å². The average Bonchev–Trinajstić information content (AvgIpc) is 3.16. The molecule has 6 nitrogen and oxygen atoms in total. The summed E-state index contributed by atoms with van der Waals surface area (Å²) >= 11 is 9.75. The Balaban J connectivity index is 1.45. The Morgan fingerprint density at radius 3 is 2.90 bits per heavy atom. The molecule has 1 N–H and O–H groups in total. The van der Waals surface area contributed by atoms with Crippen LogP contribution in [0.2, 0.25) is 0 Å².